The average Bonchev–Trinajstić information content (AvgIpc) is 2.76. The molecule has 1 aliphatic carbocycles. The summed E-state index contributed by atoms with van der Waals surface area (Å²) >= 11 is 0. The van der Waals surface area contributed by atoms with Crippen LogP contribution in [0.4, 0.5) is 18.9 Å². The molecule has 5 nitrogen and oxygen atoms in total. The number of fused-ring (bicyclic) bond motifs is 5. The summed E-state index contributed by atoms with van der Waals surface area (Å²) in [6.07, 6.45) is -2.05. The molecule has 5 rings (SSSR count). The van der Waals surface area contributed by atoms with Crippen molar-refractivity contribution in [1.29, 1.82) is 0 Å². The Bertz CT molecular complexity index is 1490. The summed E-state index contributed by atoms with van der Waals surface area (Å²) in [5, 5.41) is 0.504. The summed E-state index contributed by atoms with van der Waals surface area (Å²) in [4.78, 5) is 15.1. The highest BCUT2D eigenvalue weighted by Crippen LogP contribution is 2.44. The van der Waals surface area contributed by atoms with Gasteiger partial charge in [0.2, 0.25) is 5.36 Å². The number of aryl methyl sites for hydroxylation is 1. The van der Waals surface area contributed by atoms with Crippen LogP contribution in [0.2, 0.25) is 0 Å². The molecule has 33 heavy (non-hydrogen) atoms. The molecule has 8 heteroatoms. The van der Waals surface area contributed by atoms with Crippen LogP contribution >= 0.6 is 0 Å². The summed E-state index contributed by atoms with van der Waals surface area (Å²) in [7, 11) is 3.59. The highest BCUT2D eigenvalue weighted by Gasteiger charge is 2.40. The van der Waals surface area contributed by atoms with Gasteiger partial charge in [0.05, 0.1) is 17.0 Å². The summed E-state index contributed by atoms with van der Waals surface area (Å²) < 4.78 is 56.0. The van der Waals surface area contributed by atoms with E-state index in [1.807, 2.05) is 6.07 Å². The van der Waals surface area contributed by atoms with Gasteiger partial charge in [0.25, 0.3) is 0 Å². The smallest absolute Gasteiger partial charge is 0.418 e. The van der Waals surface area contributed by atoms with Crippen molar-refractivity contribution in [3.63, 3.8) is 0 Å². The zero-order valence-corrected chi connectivity index (χ0v) is 18.7. The van der Waals surface area contributed by atoms with Crippen LogP contribution in [0.5, 0.6) is 0 Å². The summed E-state index contributed by atoms with van der Waals surface area (Å²) in [5.74, 6) is 0.0678. The van der Waals surface area contributed by atoms with Crippen molar-refractivity contribution >= 4 is 27.6 Å². The Balaban J connectivity index is 1.95. The lowest BCUT2D eigenvalue weighted by atomic mass is 9.96. The molecule has 3 heterocycles. The number of rotatable bonds is 2. The van der Waals surface area contributed by atoms with E-state index in [4.69, 9.17) is 8.83 Å². The molecular formula is C25H24F3N2O3+. The number of nitrogens with zero attached hydrogens (tertiary/aromatic N) is 2. The maximum atomic E-state index is 14.3. The minimum absolute atomic E-state index is 0.0678. The van der Waals surface area contributed by atoms with Crippen molar-refractivity contribution in [1.82, 2.24) is 4.58 Å². The van der Waals surface area contributed by atoms with E-state index < -0.39 is 22.8 Å². The van der Waals surface area contributed by atoms with Gasteiger partial charge in [0.15, 0.2) is 5.58 Å². The van der Waals surface area contributed by atoms with Gasteiger partial charge in [0, 0.05) is 36.5 Å². The number of hydrogen-bond acceptors (Lipinski definition) is 4. The minimum atomic E-state index is -4.76. The van der Waals surface area contributed by atoms with Gasteiger partial charge in [-0.1, -0.05) is 6.92 Å². The Hall–Kier alpha value is -3.29. The standard InChI is InChI=1S/C25H24F3N2O3/c1-4-9-30-10-5-6-14-11-17-20(13-18(14)30)33-24(31)21-22(25(26,27)28)16-8-7-15(29(2)3)12-19(16)32-23(17)21/h7-8,11-13H,4-6,9-10H2,1-3H3/q+1. The first kappa shape index (κ1) is 21.6. The van der Waals surface area contributed by atoms with Crippen molar-refractivity contribution < 1.29 is 22.0 Å². The van der Waals surface area contributed by atoms with Crippen LogP contribution < -0.4 is 20.5 Å². The number of alkyl halides is 3. The van der Waals surface area contributed by atoms with Crippen LogP contribution in [0.25, 0.3) is 33.3 Å². The maximum Gasteiger partial charge on any atom is 0.418 e. The number of halogens is 3. The summed E-state index contributed by atoms with van der Waals surface area (Å²) in [6, 6.07) is 8.06. The van der Waals surface area contributed by atoms with Crippen LogP contribution in [-0.2, 0) is 12.6 Å². The third kappa shape index (κ3) is 3.48. The van der Waals surface area contributed by atoms with Gasteiger partial charge >= 0.3 is 11.8 Å². The summed E-state index contributed by atoms with van der Waals surface area (Å²) in [6.45, 7) is 3.84. The fourth-order valence-corrected chi connectivity index (χ4v) is 4.77. The number of hydrogen-bond donors (Lipinski definition) is 0. The van der Waals surface area contributed by atoms with Crippen LogP contribution in [0.1, 0.15) is 30.9 Å². The Kier molecular flexibility index (Phi) is 4.99. The molecule has 0 unspecified atom stereocenters. The van der Waals surface area contributed by atoms with Crippen molar-refractivity contribution in [3.05, 3.63) is 57.2 Å². The van der Waals surface area contributed by atoms with E-state index in [0.29, 0.717) is 10.7 Å². The normalized spacial score (nSPS) is 14.3. The van der Waals surface area contributed by atoms with Crippen molar-refractivity contribution in [2.45, 2.75) is 32.4 Å². The molecule has 0 bridgehead atoms. The quantitative estimate of drug-likeness (QED) is 0.187. The van der Waals surface area contributed by atoms with E-state index in [1.54, 1.807) is 36.9 Å². The number of anilines is 1. The van der Waals surface area contributed by atoms with E-state index >= 15 is 0 Å². The first-order valence-electron chi connectivity index (χ1n) is 11.0. The fraction of sp³-hybridized carbons (Fsp3) is 0.360. The number of benzene rings is 2. The highest BCUT2D eigenvalue weighted by atomic mass is 19.4. The Morgan fingerprint density at radius 1 is 1.12 bits per heavy atom. The molecule has 0 amide bonds. The van der Waals surface area contributed by atoms with E-state index in [0.717, 1.165) is 43.6 Å². The molecule has 2 aliphatic heterocycles. The maximum absolute atomic E-state index is 14.3. The van der Waals surface area contributed by atoms with Gasteiger partial charge in [-0.05, 0) is 37.0 Å². The SMILES string of the molecule is CCCN1CCCc2cc3c(cc21)oc(=O)c1c(C(F)(F)F)c2ccc(=[N+](C)C)cc-2oc13. The third-order valence-electron chi connectivity index (χ3n) is 6.26. The molecule has 0 atom stereocenters. The topological polar surface area (TPSA) is 49.6 Å². The van der Waals surface area contributed by atoms with Crippen LogP contribution in [0, 0.1) is 0 Å². The fourth-order valence-electron chi connectivity index (χ4n) is 4.77. The molecule has 2 aromatic rings. The predicted octanol–water partition coefficient (Wildman–Crippen LogP) is 4.86. The van der Waals surface area contributed by atoms with E-state index in [2.05, 4.69) is 11.8 Å². The second kappa shape index (κ2) is 7.64. The zero-order valence-electron chi connectivity index (χ0n) is 18.7. The van der Waals surface area contributed by atoms with Crippen LogP contribution in [0.15, 0.2) is 44.0 Å². The molecule has 3 aliphatic rings. The molecule has 1 aromatic heterocycles. The Morgan fingerprint density at radius 3 is 2.61 bits per heavy atom. The van der Waals surface area contributed by atoms with Gasteiger partial charge in [-0.2, -0.15) is 13.2 Å². The molecule has 0 fully saturated rings. The van der Waals surface area contributed by atoms with E-state index in [9.17, 15) is 18.0 Å². The van der Waals surface area contributed by atoms with Gasteiger partial charge in [-0.3, -0.25) is 0 Å². The average molecular weight is 457 g/mol. The zero-order chi connectivity index (χ0) is 23.5. The van der Waals surface area contributed by atoms with Gasteiger partial charge in [-0.15, -0.1) is 0 Å². The largest absolute Gasteiger partial charge is 0.455 e. The van der Waals surface area contributed by atoms with E-state index in [1.165, 1.54) is 6.07 Å². The van der Waals surface area contributed by atoms with Crippen LogP contribution in [0.3, 0.4) is 0 Å². The lowest BCUT2D eigenvalue weighted by Gasteiger charge is -2.31. The van der Waals surface area contributed by atoms with Gasteiger partial charge < -0.3 is 13.7 Å². The molecule has 0 saturated heterocycles. The van der Waals surface area contributed by atoms with Gasteiger partial charge in [0.1, 0.15) is 30.8 Å². The Morgan fingerprint density at radius 2 is 1.91 bits per heavy atom. The Labute approximate surface area is 187 Å². The second-order valence-electron chi connectivity index (χ2n) is 8.71. The van der Waals surface area contributed by atoms with Crippen molar-refractivity contribution in [3.8, 4) is 11.3 Å². The molecule has 172 valence electrons. The monoisotopic (exact) mass is 457 g/mol. The molecular weight excluding hydrogens is 433 g/mol. The van der Waals surface area contributed by atoms with Crippen molar-refractivity contribution in [2.75, 3.05) is 32.1 Å². The molecule has 0 spiro atoms. The second-order valence-corrected chi connectivity index (χ2v) is 8.71. The third-order valence-corrected chi connectivity index (χ3v) is 6.26. The predicted molar refractivity (Wildman–Crippen MR) is 122 cm³/mol. The lowest BCUT2D eigenvalue weighted by molar-refractivity contribution is -0.136. The van der Waals surface area contributed by atoms with Gasteiger partial charge in [-0.25, -0.2) is 9.37 Å². The van der Waals surface area contributed by atoms with Crippen molar-refractivity contribution in [2.24, 2.45) is 0 Å². The summed E-state index contributed by atoms with van der Waals surface area (Å²) in [5.41, 5.74) is -0.121. The lowest BCUT2D eigenvalue weighted by Crippen LogP contribution is -2.30. The highest BCUT2D eigenvalue weighted by molar-refractivity contribution is 6.05. The minimum Gasteiger partial charge on any atom is -0.455 e. The molecule has 1 aromatic carbocycles. The first-order valence-corrected chi connectivity index (χ1v) is 11.0. The first-order chi connectivity index (χ1) is 15.7. The molecule has 0 radical (unpaired) electrons. The van der Waals surface area contributed by atoms with Crippen LogP contribution in [-0.4, -0.2) is 27.2 Å². The van der Waals surface area contributed by atoms with E-state index in [-0.39, 0.29) is 22.5 Å². The molecule has 0 N–H and O–H groups in total. The molecule has 0 saturated carbocycles.